The van der Waals surface area contributed by atoms with Crippen LogP contribution in [0.3, 0.4) is 0 Å². The van der Waals surface area contributed by atoms with Gasteiger partial charge in [-0.3, -0.25) is 4.90 Å². The van der Waals surface area contributed by atoms with E-state index >= 15 is 0 Å². The molecular weight excluding hydrogens is 314 g/mol. The van der Waals surface area contributed by atoms with E-state index in [1.807, 2.05) is 0 Å². The normalized spacial score (nSPS) is 21.6. The van der Waals surface area contributed by atoms with Crippen molar-refractivity contribution in [3.8, 4) is 0 Å². The Balaban J connectivity index is 2.04. The van der Waals surface area contributed by atoms with Crippen LogP contribution in [-0.4, -0.2) is 50.1 Å². The van der Waals surface area contributed by atoms with Gasteiger partial charge in [-0.05, 0) is 57.1 Å². The summed E-state index contributed by atoms with van der Waals surface area (Å²) in [5, 5.41) is 0. The van der Waals surface area contributed by atoms with Crippen molar-refractivity contribution in [1.82, 2.24) is 9.80 Å². The molecule has 1 aromatic rings. The maximum absolute atomic E-state index is 6.03. The molecule has 20 heavy (non-hydrogen) atoms. The quantitative estimate of drug-likeness (QED) is 0.894. The number of likely N-dealkylation sites (N-methyl/N-ethyl adjacent to an activating group) is 1. The smallest absolute Gasteiger partial charge is 0.0467 e. The van der Waals surface area contributed by atoms with Crippen molar-refractivity contribution >= 4 is 15.9 Å². The second-order valence-electron chi connectivity index (χ2n) is 6.12. The lowest BCUT2D eigenvalue weighted by Crippen LogP contribution is -2.35. The highest BCUT2D eigenvalue weighted by Crippen LogP contribution is 2.26. The summed E-state index contributed by atoms with van der Waals surface area (Å²) in [6, 6.07) is 6.88. The van der Waals surface area contributed by atoms with Crippen molar-refractivity contribution in [2.45, 2.75) is 19.4 Å². The fourth-order valence-electron chi connectivity index (χ4n) is 3.16. The number of nitrogens with zero attached hydrogens (tertiary/aromatic N) is 2. The van der Waals surface area contributed by atoms with Crippen molar-refractivity contribution in [2.75, 3.05) is 40.3 Å². The van der Waals surface area contributed by atoms with E-state index in [1.54, 1.807) is 0 Å². The minimum absolute atomic E-state index is 0.313. The molecule has 1 heterocycles. The van der Waals surface area contributed by atoms with Crippen molar-refractivity contribution in [3.05, 3.63) is 33.8 Å². The van der Waals surface area contributed by atoms with Crippen LogP contribution in [0.2, 0.25) is 0 Å². The molecule has 0 aromatic heterocycles. The number of nitrogens with two attached hydrogens (primary N) is 1. The summed E-state index contributed by atoms with van der Waals surface area (Å²) in [5.74, 6) is 0.774. The van der Waals surface area contributed by atoms with Gasteiger partial charge < -0.3 is 10.6 Å². The monoisotopic (exact) mass is 339 g/mol. The van der Waals surface area contributed by atoms with Crippen molar-refractivity contribution in [3.63, 3.8) is 0 Å². The topological polar surface area (TPSA) is 32.5 Å². The first-order valence-corrected chi connectivity index (χ1v) is 8.15. The fraction of sp³-hybridized carbons (Fsp3) is 0.625. The molecule has 0 radical (unpaired) electrons. The SMILES string of the molecule is Cc1cc(C(CN)N(C)CC2CCN(C)C2)ccc1Br. The number of benzene rings is 1. The van der Waals surface area contributed by atoms with Gasteiger partial charge in [0, 0.05) is 30.1 Å². The Hall–Kier alpha value is -0.420. The van der Waals surface area contributed by atoms with Crippen LogP contribution in [0, 0.1) is 12.8 Å². The fourth-order valence-corrected chi connectivity index (χ4v) is 3.40. The molecule has 0 saturated carbocycles. The summed E-state index contributed by atoms with van der Waals surface area (Å²) in [5.41, 5.74) is 8.63. The zero-order valence-electron chi connectivity index (χ0n) is 12.8. The zero-order valence-corrected chi connectivity index (χ0v) is 14.4. The lowest BCUT2D eigenvalue weighted by molar-refractivity contribution is 0.211. The van der Waals surface area contributed by atoms with Gasteiger partial charge in [0.1, 0.15) is 0 Å². The molecule has 2 atom stereocenters. The van der Waals surface area contributed by atoms with Crippen molar-refractivity contribution in [2.24, 2.45) is 11.7 Å². The van der Waals surface area contributed by atoms with Crippen LogP contribution in [0.5, 0.6) is 0 Å². The zero-order chi connectivity index (χ0) is 14.7. The molecule has 4 heteroatoms. The molecular formula is C16H26BrN3. The summed E-state index contributed by atoms with van der Waals surface area (Å²) >= 11 is 3.56. The molecule has 1 fully saturated rings. The second kappa shape index (κ2) is 7.03. The summed E-state index contributed by atoms with van der Waals surface area (Å²) in [6.45, 7) is 6.36. The van der Waals surface area contributed by atoms with Gasteiger partial charge in [-0.2, -0.15) is 0 Å². The van der Waals surface area contributed by atoms with E-state index in [9.17, 15) is 0 Å². The predicted octanol–water partition coefficient (Wildman–Crippen LogP) is 2.64. The second-order valence-corrected chi connectivity index (χ2v) is 6.97. The third kappa shape index (κ3) is 3.82. The van der Waals surface area contributed by atoms with Gasteiger partial charge in [-0.1, -0.05) is 28.1 Å². The van der Waals surface area contributed by atoms with Crippen LogP contribution >= 0.6 is 15.9 Å². The van der Waals surface area contributed by atoms with Gasteiger partial charge >= 0.3 is 0 Å². The Kier molecular flexibility index (Phi) is 5.61. The molecule has 0 spiro atoms. The first-order chi connectivity index (χ1) is 9.51. The summed E-state index contributed by atoms with van der Waals surface area (Å²) in [6.07, 6.45) is 1.30. The Morgan fingerprint density at radius 3 is 2.80 bits per heavy atom. The number of rotatable bonds is 5. The molecule has 3 nitrogen and oxygen atoms in total. The van der Waals surface area contributed by atoms with Gasteiger partial charge in [0.15, 0.2) is 0 Å². The Morgan fingerprint density at radius 2 is 2.25 bits per heavy atom. The van der Waals surface area contributed by atoms with Crippen LogP contribution in [0.25, 0.3) is 0 Å². The van der Waals surface area contributed by atoms with E-state index in [4.69, 9.17) is 5.73 Å². The van der Waals surface area contributed by atoms with E-state index in [-0.39, 0.29) is 0 Å². The molecule has 2 unspecified atom stereocenters. The van der Waals surface area contributed by atoms with E-state index in [0.29, 0.717) is 12.6 Å². The summed E-state index contributed by atoms with van der Waals surface area (Å²) < 4.78 is 1.16. The molecule has 1 saturated heterocycles. The van der Waals surface area contributed by atoms with Crippen molar-refractivity contribution < 1.29 is 0 Å². The molecule has 1 aliphatic heterocycles. The van der Waals surface area contributed by atoms with Gasteiger partial charge in [0.2, 0.25) is 0 Å². The number of aryl methyl sites for hydroxylation is 1. The van der Waals surface area contributed by atoms with E-state index in [2.05, 4.69) is 64.9 Å². The van der Waals surface area contributed by atoms with Crippen molar-refractivity contribution in [1.29, 1.82) is 0 Å². The van der Waals surface area contributed by atoms with Crippen LogP contribution in [-0.2, 0) is 0 Å². The van der Waals surface area contributed by atoms with E-state index in [1.165, 1.54) is 30.6 Å². The Morgan fingerprint density at radius 1 is 1.50 bits per heavy atom. The highest BCUT2D eigenvalue weighted by atomic mass is 79.9. The summed E-state index contributed by atoms with van der Waals surface area (Å²) in [7, 11) is 4.41. The van der Waals surface area contributed by atoms with Crippen LogP contribution in [0.4, 0.5) is 0 Å². The number of hydrogen-bond acceptors (Lipinski definition) is 3. The first kappa shape index (κ1) is 16.0. The first-order valence-electron chi connectivity index (χ1n) is 7.36. The largest absolute Gasteiger partial charge is 0.329 e. The molecule has 0 bridgehead atoms. The number of halogens is 1. The maximum atomic E-state index is 6.03. The lowest BCUT2D eigenvalue weighted by Gasteiger charge is -2.30. The molecule has 1 aromatic carbocycles. The molecule has 2 N–H and O–H groups in total. The van der Waals surface area contributed by atoms with Crippen LogP contribution in [0.1, 0.15) is 23.6 Å². The third-order valence-corrected chi connectivity index (χ3v) is 5.25. The average molecular weight is 340 g/mol. The van der Waals surface area contributed by atoms with Gasteiger partial charge in [-0.25, -0.2) is 0 Å². The minimum Gasteiger partial charge on any atom is -0.329 e. The average Bonchev–Trinajstić information content (AvgIpc) is 2.80. The highest BCUT2D eigenvalue weighted by Gasteiger charge is 2.24. The lowest BCUT2D eigenvalue weighted by atomic mass is 10.0. The van der Waals surface area contributed by atoms with E-state index < -0.39 is 0 Å². The van der Waals surface area contributed by atoms with Gasteiger partial charge in [0.05, 0.1) is 0 Å². The van der Waals surface area contributed by atoms with Crippen LogP contribution < -0.4 is 5.73 Å². The summed E-state index contributed by atoms with van der Waals surface area (Å²) in [4.78, 5) is 4.84. The molecule has 0 aliphatic carbocycles. The highest BCUT2D eigenvalue weighted by molar-refractivity contribution is 9.10. The molecule has 0 amide bonds. The predicted molar refractivity (Wildman–Crippen MR) is 88.9 cm³/mol. The molecule has 1 aliphatic rings. The van der Waals surface area contributed by atoms with Gasteiger partial charge in [0.25, 0.3) is 0 Å². The Bertz CT molecular complexity index is 449. The van der Waals surface area contributed by atoms with Crippen LogP contribution in [0.15, 0.2) is 22.7 Å². The third-order valence-electron chi connectivity index (χ3n) is 4.36. The number of hydrogen-bond donors (Lipinski definition) is 1. The number of likely N-dealkylation sites (tertiary alicyclic amines) is 1. The molecule has 2 rings (SSSR count). The van der Waals surface area contributed by atoms with Gasteiger partial charge in [-0.15, -0.1) is 0 Å². The molecule has 112 valence electrons. The maximum Gasteiger partial charge on any atom is 0.0467 e. The minimum atomic E-state index is 0.313. The standard InChI is InChI=1S/C16H26BrN3/c1-12-8-14(4-5-15(12)17)16(9-18)20(3)11-13-6-7-19(2)10-13/h4-5,8,13,16H,6-7,9-11,18H2,1-3H3. The Labute approximate surface area is 131 Å². The van der Waals surface area contributed by atoms with E-state index in [0.717, 1.165) is 16.9 Å².